The summed E-state index contributed by atoms with van der Waals surface area (Å²) in [4.78, 5) is 36.5. The SMILES string of the molecule is CCNC(=O)c1cccc(NC(=O)CNc2ccccc2C(=O)NC2CC2)c1. The van der Waals surface area contributed by atoms with Gasteiger partial charge in [0.1, 0.15) is 0 Å². The van der Waals surface area contributed by atoms with Crippen LogP contribution in [0.25, 0.3) is 0 Å². The fraction of sp³-hybridized carbons (Fsp3) is 0.286. The van der Waals surface area contributed by atoms with Crippen LogP contribution in [0.3, 0.4) is 0 Å². The Hall–Kier alpha value is -3.35. The van der Waals surface area contributed by atoms with Crippen molar-refractivity contribution in [1.82, 2.24) is 10.6 Å². The van der Waals surface area contributed by atoms with Crippen LogP contribution in [0.15, 0.2) is 48.5 Å². The molecule has 3 rings (SSSR count). The van der Waals surface area contributed by atoms with Gasteiger partial charge in [-0.1, -0.05) is 18.2 Å². The van der Waals surface area contributed by atoms with Crippen LogP contribution in [0.1, 0.15) is 40.5 Å². The summed E-state index contributed by atoms with van der Waals surface area (Å²) in [6, 6.07) is 14.1. The molecule has 7 heteroatoms. The molecule has 0 spiro atoms. The van der Waals surface area contributed by atoms with E-state index in [1.807, 2.05) is 13.0 Å². The van der Waals surface area contributed by atoms with Crippen molar-refractivity contribution >= 4 is 29.1 Å². The summed E-state index contributed by atoms with van der Waals surface area (Å²) in [5.41, 5.74) is 2.14. The fourth-order valence-corrected chi connectivity index (χ4v) is 2.71. The number of rotatable bonds is 8. The highest BCUT2D eigenvalue weighted by Gasteiger charge is 2.24. The molecule has 0 bridgehead atoms. The number of para-hydroxylation sites is 1. The molecule has 0 aromatic heterocycles. The number of benzene rings is 2. The van der Waals surface area contributed by atoms with Gasteiger partial charge in [-0.15, -0.1) is 0 Å². The van der Waals surface area contributed by atoms with Crippen molar-refractivity contribution in [2.24, 2.45) is 0 Å². The lowest BCUT2D eigenvalue weighted by atomic mass is 10.1. The Morgan fingerprint density at radius 2 is 1.79 bits per heavy atom. The number of carbonyl (C=O) groups excluding carboxylic acids is 3. The summed E-state index contributed by atoms with van der Waals surface area (Å²) in [5.74, 6) is -0.599. The number of hydrogen-bond acceptors (Lipinski definition) is 4. The van der Waals surface area contributed by atoms with Crippen molar-refractivity contribution in [3.63, 3.8) is 0 Å². The highest BCUT2D eigenvalue weighted by molar-refractivity contribution is 6.01. The summed E-state index contributed by atoms with van der Waals surface area (Å²) >= 11 is 0. The van der Waals surface area contributed by atoms with Crippen molar-refractivity contribution in [2.75, 3.05) is 23.7 Å². The lowest BCUT2D eigenvalue weighted by Gasteiger charge is -2.12. The van der Waals surface area contributed by atoms with Crippen LogP contribution in [0.5, 0.6) is 0 Å². The molecule has 1 aliphatic carbocycles. The van der Waals surface area contributed by atoms with Crippen LogP contribution >= 0.6 is 0 Å². The Morgan fingerprint density at radius 3 is 2.54 bits per heavy atom. The van der Waals surface area contributed by atoms with Crippen molar-refractivity contribution in [3.8, 4) is 0 Å². The third-order valence-electron chi connectivity index (χ3n) is 4.27. The van der Waals surface area contributed by atoms with Crippen LogP contribution < -0.4 is 21.3 Å². The summed E-state index contributed by atoms with van der Waals surface area (Å²) in [6.45, 7) is 2.38. The quantitative estimate of drug-likeness (QED) is 0.565. The molecule has 1 fully saturated rings. The molecule has 0 radical (unpaired) electrons. The van der Waals surface area contributed by atoms with E-state index in [-0.39, 0.29) is 30.3 Å². The van der Waals surface area contributed by atoms with Gasteiger partial charge in [0.05, 0.1) is 12.1 Å². The van der Waals surface area contributed by atoms with Gasteiger partial charge in [-0.05, 0) is 50.1 Å². The van der Waals surface area contributed by atoms with Gasteiger partial charge in [-0.2, -0.15) is 0 Å². The predicted octanol–water partition coefficient (Wildman–Crippen LogP) is 2.38. The molecule has 28 heavy (non-hydrogen) atoms. The van der Waals surface area contributed by atoms with E-state index in [9.17, 15) is 14.4 Å². The third kappa shape index (κ3) is 5.33. The Bertz CT molecular complexity index is 877. The Labute approximate surface area is 163 Å². The molecular weight excluding hydrogens is 356 g/mol. The lowest BCUT2D eigenvalue weighted by molar-refractivity contribution is -0.114. The Kier molecular flexibility index (Phi) is 6.26. The van der Waals surface area contributed by atoms with Gasteiger partial charge in [-0.3, -0.25) is 14.4 Å². The van der Waals surface area contributed by atoms with E-state index in [0.29, 0.717) is 29.0 Å². The summed E-state index contributed by atoms with van der Waals surface area (Å²) in [7, 11) is 0. The molecule has 1 saturated carbocycles. The minimum atomic E-state index is -0.273. The zero-order chi connectivity index (χ0) is 19.9. The molecule has 2 aromatic rings. The summed E-state index contributed by atoms with van der Waals surface area (Å²) < 4.78 is 0. The van der Waals surface area contributed by atoms with Gasteiger partial charge in [0.2, 0.25) is 5.91 Å². The first kappa shape index (κ1) is 19.4. The maximum Gasteiger partial charge on any atom is 0.253 e. The summed E-state index contributed by atoms with van der Waals surface area (Å²) in [6.07, 6.45) is 2.03. The van der Waals surface area contributed by atoms with Gasteiger partial charge < -0.3 is 21.3 Å². The van der Waals surface area contributed by atoms with E-state index < -0.39 is 0 Å². The highest BCUT2D eigenvalue weighted by atomic mass is 16.2. The van der Waals surface area contributed by atoms with Gasteiger partial charge in [0.25, 0.3) is 11.8 Å². The minimum absolute atomic E-state index is 0.000887. The van der Waals surface area contributed by atoms with Crippen LogP contribution in [-0.4, -0.2) is 36.9 Å². The van der Waals surface area contributed by atoms with E-state index in [2.05, 4.69) is 21.3 Å². The molecule has 3 amide bonds. The van der Waals surface area contributed by atoms with Crippen molar-refractivity contribution in [3.05, 3.63) is 59.7 Å². The predicted molar refractivity (Wildman–Crippen MR) is 108 cm³/mol. The van der Waals surface area contributed by atoms with Crippen LogP contribution in [-0.2, 0) is 4.79 Å². The number of carbonyl (C=O) groups is 3. The highest BCUT2D eigenvalue weighted by Crippen LogP contribution is 2.21. The molecule has 2 aromatic carbocycles. The zero-order valence-electron chi connectivity index (χ0n) is 15.7. The maximum absolute atomic E-state index is 12.3. The monoisotopic (exact) mass is 380 g/mol. The van der Waals surface area contributed by atoms with Crippen molar-refractivity contribution in [1.29, 1.82) is 0 Å². The van der Waals surface area contributed by atoms with Crippen molar-refractivity contribution in [2.45, 2.75) is 25.8 Å². The van der Waals surface area contributed by atoms with E-state index in [1.165, 1.54) is 0 Å². The lowest BCUT2D eigenvalue weighted by Crippen LogP contribution is -2.27. The zero-order valence-corrected chi connectivity index (χ0v) is 15.7. The van der Waals surface area contributed by atoms with Gasteiger partial charge in [0, 0.05) is 29.5 Å². The van der Waals surface area contributed by atoms with Crippen LogP contribution in [0, 0.1) is 0 Å². The van der Waals surface area contributed by atoms with Crippen LogP contribution in [0.2, 0.25) is 0 Å². The van der Waals surface area contributed by atoms with E-state index in [1.54, 1.807) is 42.5 Å². The largest absolute Gasteiger partial charge is 0.376 e. The standard InChI is InChI=1S/C21H24N4O3/c1-2-22-20(27)14-6-5-7-16(12-14)24-19(26)13-23-18-9-4-3-8-17(18)21(28)25-15-10-11-15/h3-9,12,15,23H,2,10-11,13H2,1H3,(H,22,27)(H,24,26)(H,25,28). The Morgan fingerprint density at radius 1 is 1.00 bits per heavy atom. The first-order valence-corrected chi connectivity index (χ1v) is 9.38. The van der Waals surface area contributed by atoms with E-state index >= 15 is 0 Å². The molecule has 0 heterocycles. The molecule has 0 saturated heterocycles. The molecular formula is C21H24N4O3. The van der Waals surface area contributed by atoms with Gasteiger partial charge in [0.15, 0.2) is 0 Å². The van der Waals surface area contributed by atoms with Gasteiger partial charge >= 0.3 is 0 Å². The smallest absolute Gasteiger partial charge is 0.253 e. The fourth-order valence-electron chi connectivity index (χ4n) is 2.71. The molecule has 1 aliphatic rings. The average molecular weight is 380 g/mol. The second-order valence-electron chi connectivity index (χ2n) is 6.64. The number of anilines is 2. The van der Waals surface area contributed by atoms with Crippen molar-refractivity contribution < 1.29 is 14.4 Å². The second kappa shape index (κ2) is 9.03. The molecule has 0 unspecified atom stereocenters. The third-order valence-corrected chi connectivity index (χ3v) is 4.27. The molecule has 7 nitrogen and oxygen atoms in total. The normalized spacial score (nSPS) is 12.8. The topological polar surface area (TPSA) is 99.3 Å². The molecule has 146 valence electrons. The Balaban J connectivity index is 1.58. The summed E-state index contributed by atoms with van der Waals surface area (Å²) in [5, 5.41) is 11.4. The first-order valence-electron chi connectivity index (χ1n) is 9.38. The second-order valence-corrected chi connectivity index (χ2v) is 6.64. The first-order chi connectivity index (χ1) is 13.6. The number of hydrogen-bond donors (Lipinski definition) is 4. The number of nitrogens with one attached hydrogen (secondary N) is 4. The molecule has 0 aliphatic heterocycles. The molecule has 4 N–H and O–H groups in total. The van der Waals surface area contributed by atoms with E-state index in [4.69, 9.17) is 0 Å². The average Bonchev–Trinajstić information content (AvgIpc) is 3.51. The van der Waals surface area contributed by atoms with Crippen LogP contribution in [0.4, 0.5) is 11.4 Å². The van der Waals surface area contributed by atoms with E-state index in [0.717, 1.165) is 12.8 Å². The van der Waals surface area contributed by atoms with Gasteiger partial charge in [-0.25, -0.2) is 0 Å². The number of amides is 3. The minimum Gasteiger partial charge on any atom is -0.376 e. The molecule has 0 atom stereocenters. The maximum atomic E-state index is 12.3.